The number of hydroxylamine groups is 1. The predicted octanol–water partition coefficient (Wildman–Crippen LogP) is 4.02. The number of aromatic hydroxyl groups is 1. The number of amides is 4. The van der Waals surface area contributed by atoms with E-state index in [9.17, 15) is 29.5 Å². The lowest BCUT2D eigenvalue weighted by atomic mass is 10.0. The van der Waals surface area contributed by atoms with Crippen molar-refractivity contribution in [3.63, 3.8) is 0 Å². The van der Waals surface area contributed by atoms with Crippen LogP contribution in [0, 0.1) is 0 Å². The third-order valence-corrected chi connectivity index (χ3v) is 8.17. The number of nitrogens with zero attached hydrogens (tertiary/aromatic N) is 1. The average Bonchev–Trinajstić information content (AvgIpc) is 3.61. The Hall–Kier alpha value is -4.71. The number of hydrogen-bond donors (Lipinski definition) is 7. The van der Waals surface area contributed by atoms with Crippen molar-refractivity contribution in [2.24, 2.45) is 0 Å². The summed E-state index contributed by atoms with van der Waals surface area (Å²) in [6.07, 6.45) is 13.7. The van der Waals surface area contributed by atoms with Crippen molar-refractivity contribution in [2.75, 3.05) is 0 Å². The van der Waals surface area contributed by atoms with Crippen molar-refractivity contribution < 1.29 is 29.5 Å². The Labute approximate surface area is 282 Å². The van der Waals surface area contributed by atoms with Crippen molar-refractivity contribution in [2.45, 2.75) is 109 Å². The molecule has 0 bridgehead atoms. The van der Waals surface area contributed by atoms with Crippen LogP contribution in [-0.4, -0.2) is 62.0 Å². The van der Waals surface area contributed by atoms with Crippen LogP contribution < -0.4 is 21.4 Å². The Morgan fingerprint density at radius 2 is 1.23 bits per heavy atom. The number of unbranched alkanes of at least 4 members (excludes halogenated alkanes) is 8. The highest BCUT2D eigenvalue weighted by Crippen LogP contribution is 2.13. The molecule has 1 heterocycles. The van der Waals surface area contributed by atoms with Gasteiger partial charge in [0.25, 0.3) is 5.91 Å². The number of carbonyl (C=O) groups is 4. The number of phenolic OH excluding ortho intramolecular Hbond substituents is 1. The number of phenols is 1. The van der Waals surface area contributed by atoms with Gasteiger partial charge in [0.2, 0.25) is 17.7 Å². The van der Waals surface area contributed by atoms with E-state index < -0.39 is 35.8 Å². The Balaban J connectivity index is 1.68. The number of aromatic nitrogens is 2. The summed E-state index contributed by atoms with van der Waals surface area (Å²) >= 11 is 0. The van der Waals surface area contributed by atoms with E-state index in [-0.39, 0.29) is 37.3 Å². The number of imidazole rings is 1. The van der Waals surface area contributed by atoms with E-state index >= 15 is 0 Å². The van der Waals surface area contributed by atoms with Gasteiger partial charge in [-0.05, 0) is 29.7 Å². The predicted molar refractivity (Wildman–Crippen MR) is 182 cm³/mol. The van der Waals surface area contributed by atoms with Crippen molar-refractivity contribution in [3.05, 3.63) is 83.9 Å². The fourth-order valence-electron chi connectivity index (χ4n) is 5.45. The molecule has 0 fully saturated rings. The third kappa shape index (κ3) is 14.0. The number of hydrogen-bond acceptors (Lipinski definition) is 7. The third-order valence-electron chi connectivity index (χ3n) is 8.17. The van der Waals surface area contributed by atoms with E-state index in [1.54, 1.807) is 23.8 Å². The van der Waals surface area contributed by atoms with Gasteiger partial charge in [-0.25, -0.2) is 10.5 Å². The van der Waals surface area contributed by atoms with Gasteiger partial charge in [0.15, 0.2) is 0 Å². The number of rotatable bonds is 22. The number of carbonyl (C=O) groups excluding carboxylic acids is 4. The first-order chi connectivity index (χ1) is 23.3. The first-order valence-electron chi connectivity index (χ1n) is 16.9. The van der Waals surface area contributed by atoms with Gasteiger partial charge in [-0.2, -0.15) is 0 Å². The topological polar surface area (TPSA) is 186 Å². The summed E-state index contributed by atoms with van der Waals surface area (Å²) < 4.78 is 0. The maximum atomic E-state index is 13.7. The van der Waals surface area contributed by atoms with E-state index in [0.717, 1.165) is 24.8 Å². The lowest BCUT2D eigenvalue weighted by Crippen LogP contribution is -2.58. The highest BCUT2D eigenvalue weighted by molar-refractivity contribution is 5.94. The van der Waals surface area contributed by atoms with Gasteiger partial charge in [0, 0.05) is 37.6 Å². The number of H-pyrrole nitrogens is 1. The zero-order valence-corrected chi connectivity index (χ0v) is 27.7. The molecule has 0 spiro atoms. The molecule has 4 amide bonds. The fraction of sp³-hybridized carbons (Fsp3) is 0.472. The van der Waals surface area contributed by atoms with Crippen LogP contribution in [0.25, 0.3) is 0 Å². The van der Waals surface area contributed by atoms with Crippen LogP contribution in [0.1, 0.15) is 88.0 Å². The van der Waals surface area contributed by atoms with Crippen LogP contribution in [0.5, 0.6) is 5.75 Å². The number of nitrogens with one attached hydrogen (secondary N) is 5. The monoisotopic (exact) mass is 662 g/mol. The Kier molecular flexibility index (Phi) is 16.7. The van der Waals surface area contributed by atoms with E-state index in [0.29, 0.717) is 17.7 Å². The van der Waals surface area contributed by atoms with E-state index in [1.807, 2.05) is 30.3 Å². The van der Waals surface area contributed by atoms with Crippen LogP contribution in [0.15, 0.2) is 67.1 Å². The molecule has 3 rings (SSSR count). The molecule has 7 N–H and O–H groups in total. The molecular weight excluding hydrogens is 612 g/mol. The molecule has 3 atom stereocenters. The second-order valence-corrected chi connectivity index (χ2v) is 12.1. The SMILES string of the molecule is CCCCCCCCCCCC(=O)N[C@@H](Cc1cnc[nH]1)C(=O)N[C@@H](Cc1ccccc1)C(=O)N[C@@H](Cc1ccc(O)cc1)C(=O)NO. The first-order valence-corrected chi connectivity index (χ1v) is 16.9. The molecule has 0 aliphatic rings. The second kappa shape index (κ2) is 21.2. The Bertz CT molecular complexity index is 1380. The molecule has 260 valence electrons. The molecule has 12 nitrogen and oxygen atoms in total. The van der Waals surface area contributed by atoms with Gasteiger partial charge < -0.3 is 26.0 Å². The minimum absolute atomic E-state index is 0.0157. The van der Waals surface area contributed by atoms with E-state index in [4.69, 9.17) is 0 Å². The van der Waals surface area contributed by atoms with Gasteiger partial charge in [0.05, 0.1) is 6.33 Å². The zero-order chi connectivity index (χ0) is 34.6. The van der Waals surface area contributed by atoms with Gasteiger partial charge in [-0.15, -0.1) is 0 Å². The Morgan fingerprint density at radius 1 is 0.688 bits per heavy atom. The molecule has 0 saturated heterocycles. The number of aromatic amines is 1. The van der Waals surface area contributed by atoms with Crippen molar-refractivity contribution in [3.8, 4) is 5.75 Å². The summed E-state index contributed by atoms with van der Waals surface area (Å²) in [6.45, 7) is 2.20. The molecule has 3 aromatic rings. The summed E-state index contributed by atoms with van der Waals surface area (Å²) in [7, 11) is 0. The highest BCUT2D eigenvalue weighted by atomic mass is 16.5. The van der Waals surface area contributed by atoms with Crippen LogP contribution >= 0.6 is 0 Å². The average molecular weight is 663 g/mol. The van der Waals surface area contributed by atoms with Crippen LogP contribution in [0.3, 0.4) is 0 Å². The van der Waals surface area contributed by atoms with Crippen molar-refractivity contribution in [1.29, 1.82) is 0 Å². The standard InChI is InChI=1S/C36H50N6O6/c1-2-3-4-5-6-7-8-9-13-16-33(44)39-32(23-28-24-37-25-38-28)35(46)40-30(21-26-14-11-10-12-15-26)34(45)41-31(36(47)42-48)22-27-17-19-29(43)20-18-27/h10-12,14-15,17-20,24-25,30-32,43,48H,2-9,13,16,21-23H2,1H3,(H,37,38)(H,39,44)(H,40,46)(H,41,45)(H,42,47)/t30-,31-,32-/m0/s1. The minimum atomic E-state index is -1.18. The number of benzene rings is 2. The van der Waals surface area contributed by atoms with Crippen LogP contribution in [0.4, 0.5) is 0 Å². The Morgan fingerprint density at radius 3 is 1.79 bits per heavy atom. The molecule has 2 aromatic carbocycles. The molecule has 12 heteroatoms. The van der Waals surface area contributed by atoms with Gasteiger partial charge in [0.1, 0.15) is 23.9 Å². The lowest BCUT2D eigenvalue weighted by Gasteiger charge is -2.25. The molecular formula is C36H50N6O6. The molecule has 0 unspecified atom stereocenters. The molecule has 0 aliphatic carbocycles. The molecule has 0 radical (unpaired) electrons. The molecule has 0 aliphatic heterocycles. The molecule has 1 aromatic heterocycles. The minimum Gasteiger partial charge on any atom is -0.508 e. The van der Waals surface area contributed by atoms with E-state index in [1.165, 1.54) is 50.6 Å². The lowest BCUT2D eigenvalue weighted by molar-refractivity contribution is -0.136. The largest absolute Gasteiger partial charge is 0.508 e. The quantitative estimate of drug-likeness (QED) is 0.0481. The van der Waals surface area contributed by atoms with Gasteiger partial charge in [-0.1, -0.05) is 101 Å². The maximum absolute atomic E-state index is 13.7. The van der Waals surface area contributed by atoms with Crippen LogP contribution in [-0.2, 0) is 38.4 Å². The smallest absolute Gasteiger partial charge is 0.266 e. The van der Waals surface area contributed by atoms with Gasteiger partial charge in [-0.3, -0.25) is 24.4 Å². The first kappa shape index (κ1) is 37.7. The summed E-state index contributed by atoms with van der Waals surface area (Å²) in [6, 6.07) is 11.9. The highest BCUT2D eigenvalue weighted by Gasteiger charge is 2.30. The summed E-state index contributed by atoms with van der Waals surface area (Å²) in [5.74, 6) is -2.28. The fourth-order valence-corrected chi connectivity index (χ4v) is 5.45. The second-order valence-electron chi connectivity index (χ2n) is 12.1. The van der Waals surface area contributed by atoms with Crippen LogP contribution in [0.2, 0.25) is 0 Å². The summed E-state index contributed by atoms with van der Waals surface area (Å²) in [5, 5.41) is 27.3. The summed E-state index contributed by atoms with van der Waals surface area (Å²) in [4.78, 5) is 60.0. The van der Waals surface area contributed by atoms with E-state index in [2.05, 4.69) is 32.8 Å². The maximum Gasteiger partial charge on any atom is 0.266 e. The van der Waals surface area contributed by atoms with Gasteiger partial charge >= 0.3 is 0 Å². The van der Waals surface area contributed by atoms with Crippen molar-refractivity contribution >= 4 is 23.6 Å². The normalized spacial score (nSPS) is 12.8. The van der Waals surface area contributed by atoms with Crippen molar-refractivity contribution in [1.82, 2.24) is 31.4 Å². The zero-order valence-electron chi connectivity index (χ0n) is 27.7. The molecule has 48 heavy (non-hydrogen) atoms. The molecule has 0 saturated carbocycles. The summed E-state index contributed by atoms with van der Waals surface area (Å²) in [5.41, 5.74) is 3.61.